The quantitative estimate of drug-likeness (QED) is 0.240. The first kappa shape index (κ1) is 37.7. The van der Waals surface area contributed by atoms with Gasteiger partial charge < -0.3 is 14.8 Å². The smallest absolute Gasteiger partial charge is 0.407 e. The van der Waals surface area contributed by atoms with Gasteiger partial charge in [-0.3, -0.25) is 9.69 Å². The molecule has 6 nitrogen and oxygen atoms in total. The molecule has 0 fully saturated rings. The number of alkyl carbamates (subject to hydrolysis) is 1. The monoisotopic (exact) mass is 626 g/mol. The van der Waals surface area contributed by atoms with Crippen LogP contribution in [0.15, 0.2) is 72.3 Å². The first-order chi connectivity index (χ1) is 21.1. The minimum atomic E-state index is -3.10. The first-order valence-corrected chi connectivity index (χ1v) is 15.9. The summed E-state index contributed by atoms with van der Waals surface area (Å²) in [5, 5.41) is 2.77. The maximum Gasteiger partial charge on any atom is 0.407 e. The van der Waals surface area contributed by atoms with Crippen molar-refractivity contribution in [3.05, 3.63) is 89.0 Å². The number of ether oxygens (including phenoxy) is 2. The molecule has 0 spiro atoms. The van der Waals surface area contributed by atoms with Gasteiger partial charge in [-0.05, 0) is 86.4 Å². The minimum Gasteiger partial charge on any atom is -0.445 e. The number of rotatable bonds is 13. The molecular weight excluding hydrogens is 574 g/mol. The number of alkyl halides is 2. The van der Waals surface area contributed by atoms with E-state index in [-0.39, 0.29) is 35.6 Å². The van der Waals surface area contributed by atoms with Gasteiger partial charge in [-0.1, -0.05) is 88.7 Å². The van der Waals surface area contributed by atoms with Gasteiger partial charge in [0.15, 0.2) is 0 Å². The molecule has 1 unspecified atom stereocenters. The number of allylic oxidation sites excluding steroid dienone is 2. The zero-order valence-corrected chi connectivity index (χ0v) is 28.3. The standard InChI is InChI=1S/C26H38N2O3.C11H14F2O/c1-19(22-12-14-23(15-13-22)26(3,4)5)28(6)24(20(2)29)16-17-27-25(30)31-18-21-10-8-7-9-11-21;1-3-4-9-5-7-10(8-6-9)14-11(2,12)13/h8,10-15,19,24H,7,9,16-18H2,1-6H3,(H,27,30);5-8H,3-4H2,1-2H3/t19?,24-;/m0./s1. The van der Waals surface area contributed by atoms with E-state index >= 15 is 0 Å². The summed E-state index contributed by atoms with van der Waals surface area (Å²) in [6.07, 6.45) is 7.18. The number of amides is 1. The van der Waals surface area contributed by atoms with Gasteiger partial charge in [-0.15, -0.1) is 0 Å². The van der Waals surface area contributed by atoms with E-state index in [4.69, 9.17) is 4.74 Å². The van der Waals surface area contributed by atoms with Crippen molar-refractivity contribution in [3.8, 4) is 5.75 Å². The number of hydrogen-bond donors (Lipinski definition) is 1. The molecule has 45 heavy (non-hydrogen) atoms. The van der Waals surface area contributed by atoms with Gasteiger partial charge in [0.1, 0.15) is 18.1 Å². The molecule has 0 aromatic heterocycles. The summed E-state index contributed by atoms with van der Waals surface area (Å²) in [6.45, 7) is 13.8. The van der Waals surface area contributed by atoms with Crippen LogP contribution in [-0.4, -0.2) is 49.1 Å². The third kappa shape index (κ3) is 14.0. The number of aryl methyl sites for hydroxylation is 1. The van der Waals surface area contributed by atoms with E-state index in [0.717, 1.165) is 43.7 Å². The van der Waals surface area contributed by atoms with E-state index in [0.29, 0.717) is 13.0 Å². The van der Waals surface area contributed by atoms with E-state index in [1.807, 2.05) is 25.3 Å². The van der Waals surface area contributed by atoms with Crippen molar-refractivity contribution in [2.75, 3.05) is 20.2 Å². The van der Waals surface area contributed by atoms with Gasteiger partial charge in [0.05, 0.1) is 6.04 Å². The fourth-order valence-electron chi connectivity index (χ4n) is 4.97. The molecule has 248 valence electrons. The van der Waals surface area contributed by atoms with Gasteiger partial charge in [0, 0.05) is 19.5 Å². The van der Waals surface area contributed by atoms with E-state index in [9.17, 15) is 18.4 Å². The molecule has 1 aliphatic carbocycles. The van der Waals surface area contributed by atoms with Crippen molar-refractivity contribution in [2.24, 2.45) is 0 Å². The number of carbonyl (C=O) groups is 2. The molecule has 8 heteroatoms. The van der Waals surface area contributed by atoms with E-state index in [1.54, 1.807) is 19.1 Å². The molecule has 0 saturated heterocycles. The highest BCUT2D eigenvalue weighted by molar-refractivity contribution is 5.81. The summed E-state index contributed by atoms with van der Waals surface area (Å²) in [7, 11) is 1.97. The Kier molecular flexibility index (Phi) is 14.9. The summed E-state index contributed by atoms with van der Waals surface area (Å²) < 4.78 is 34.5. The molecule has 3 rings (SSSR count). The fraction of sp³-hybridized carbons (Fsp3) is 0.514. The molecule has 1 aliphatic rings. The molecule has 2 aromatic rings. The highest BCUT2D eigenvalue weighted by Gasteiger charge is 2.25. The number of hydrogen-bond acceptors (Lipinski definition) is 5. The lowest BCUT2D eigenvalue weighted by molar-refractivity contribution is -0.159. The molecule has 0 aliphatic heterocycles. The Morgan fingerprint density at radius 1 is 1.00 bits per heavy atom. The predicted molar refractivity (Wildman–Crippen MR) is 178 cm³/mol. The Morgan fingerprint density at radius 2 is 1.64 bits per heavy atom. The van der Waals surface area contributed by atoms with Crippen LogP contribution in [0, 0.1) is 0 Å². The van der Waals surface area contributed by atoms with Crippen LogP contribution in [0.2, 0.25) is 0 Å². The molecular formula is C37H52F2N2O4. The van der Waals surface area contributed by atoms with Crippen LogP contribution < -0.4 is 10.1 Å². The second-order valence-corrected chi connectivity index (χ2v) is 12.7. The third-order valence-electron chi connectivity index (χ3n) is 7.72. The molecule has 2 aromatic carbocycles. The van der Waals surface area contributed by atoms with E-state index < -0.39 is 12.2 Å². The SMILES string of the molecule is CC(=O)[C@H](CCNC(=O)OCC1=CCCC=C1)N(C)C(C)c1ccc(C(C)(C)C)cc1.CCCc1ccc(OC(C)(F)F)cc1. The van der Waals surface area contributed by atoms with Crippen molar-refractivity contribution in [1.29, 1.82) is 0 Å². The molecule has 0 bridgehead atoms. The van der Waals surface area contributed by atoms with Gasteiger partial charge in [0.2, 0.25) is 0 Å². The van der Waals surface area contributed by atoms with E-state index in [1.165, 1.54) is 11.1 Å². The topological polar surface area (TPSA) is 67.9 Å². The van der Waals surface area contributed by atoms with Crippen LogP contribution in [0.25, 0.3) is 0 Å². The van der Waals surface area contributed by atoms with Gasteiger partial charge in [-0.2, -0.15) is 8.78 Å². The van der Waals surface area contributed by atoms with Crippen molar-refractivity contribution in [2.45, 2.75) is 104 Å². The highest BCUT2D eigenvalue weighted by Crippen LogP contribution is 2.27. The predicted octanol–water partition coefficient (Wildman–Crippen LogP) is 8.96. The third-order valence-corrected chi connectivity index (χ3v) is 7.72. The number of benzene rings is 2. The van der Waals surface area contributed by atoms with Gasteiger partial charge in [-0.25, -0.2) is 4.79 Å². The normalized spacial score (nSPS) is 14.5. The lowest BCUT2D eigenvalue weighted by Crippen LogP contribution is -2.41. The number of likely N-dealkylation sites (N-methyl/N-ethyl adjacent to an activating group) is 1. The van der Waals surface area contributed by atoms with Crippen LogP contribution in [-0.2, 0) is 21.4 Å². The molecule has 2 atom stereocenters. The Bertz CT molecular complexity index is 1260. The van der Waals surface area contributed by atoms with Gasteiger partial charge >= 0.3 is 12.2 Å². The average molecular weight is 627 g/mol. The van der Waals surface area contributed by atoms with Crippen LogP contribution >= 0.6 is 0 Å². The van der Waals surface area contributed by atoms with Crippen LogP contribution in [0.4, 0.5) is 13.6 Å². The largest absolute Gasteiger partial charge is 0.445 e. The number of halogens is 2. The number of nitrogens with one attached hydrogen (secondary N) is 1. The molecule has 0 heterocycles. The Morgan fingerprint density at radius 3 is 2.16 bits per heavy atom. The summed E-state index contributed by atoms with van der Waals surface area (Å²) in [6, 6.07) is 15.2. The van der Waals surface area contributed by atoms with Crippen molar-refractivity contribution in [3.63, 3.8) is 0 Å². The second kappa shape index (κ2) is 17.8. The zero-order valence-electron chi connectivity index (χ0n) is 28.3. The van der Waals surface area contributed by atoms with Crippen LogP contribution in [0.5, 0.6) is 5.75 Å². The lowest BCUT2D eigenvalue weighted by Gasteiger charge is -2.32. The average Bonchev–Trinajstić information content (AvgIpc) is 2.98. The van der Waals surface area contributed by atoms with Crippen LogP contribution in [0.3, 0.4) is 0 Å². The van der Waals surface area contributed by atoms with Gasteiger partial charge in [0.25, 0.3) is 0 Å². The summed E-state index contributed by atoms with van der Waals surface area (Å²) in [4.78, 5) is 26.4. The van der Waals surface area contributed by atoms with Crippen molar-refractivity contribution < 1.29 is 27.8 Å². The van der Waals surface area contributed by atoms with Crippen molar-refractivity contribution >= 4 is 11.9 Å². The lowest BCUT2D eigenvalue weighted by atomic mass is 9.86. The summed E-state index contributed by atoms with van der Waals surface area (Å²) in [5.41, 5.74) is 4.73. The Hall–Kier alpha value is -3.52. The number of ketones is 1. The molecule has 0 saturated carbocycles. The molecule has 0 radical (unpaired) electrons. The number of Topliss-reactive ketones (excluding diaryl/α,β-unsaturated/α-hetero) is 1. The molecule has 1 amide bonds. The molecule has 1 N–H and O–H groups in total. The minimum absolute atomic E-state index is 0.0832. The van der Waals surface area contributed by atoms with Crippen LogP contribution in [0.1, 0.15) is 96.9 Å². The first-order valence-electron chi connectivity index (χ1n) is 15.9. The maximum atomic E-state index is 12.4. The zero-order chi connectivity index (χ0) is 33.6. The Balaban J connectivity index is 0.000000420. The second-order valence-electron chi connectivity index (χ2n) is 12.7. The van der Waals surface area contributed by atoms with Crippen molar-refractivity contribution in [1.82, 2.24) is 10.2 Å². The summed E-state index contributed by atoms with van der Waals surface area (Å²) >= 11 is 0. The number of carbonyl (C=O) groups excluding carboxylic acids is 2. The number of nitrogens with zero attached hydrogens (tertiary/aromatic N) is 1. The summed E-state index contributed by atoms with van der Waals surface area (Å²) in [5.74, 6) is 0.297. The Labute approximate surface area is 268 Å². The fourth-order valence-corrected chi connectivity index (χ4v) is 4.97. The van der Waals surface area contributed by atoms with E-state index in [2.05, 4.69) is 86.0 Å². The maximum absolute atomic E-state index is 12.4. The highest BCUT2D eigenvalue weighted by atomic mass is 19.3.